The van der Waals surface area contributed by atoms with E-state index in [1.165, 1.54) is 8.66 Å². The molecule has 1 fully saturated rings. The third-order valence-electron chi connectivity index (χ3n) is 5.10. The molecule has 1 aromatic carbocycles. The van der Waals surface area contributed by atoms with Gasteiger partial charge in [-0.3, -0.25) is 9.69 Å². The molecule has 28 heavy (non-hydrogen) atoms. The Hall–Kier alpha value is -1.96. The van der Waals surface area contributed by atoms with Crippen molar-refractivity contribution >= 4 is 33.2 Å². The summed E-state index contributed by atoms with van der Waals surface area (Å²) in [5.74, 6) is 0.0950. The molecular weight excluding hydrogens is 436 g/mol. The third-order valence-corrected chi connectivity index (χ3v) is 6.71. The van der Waals surface area contributed by atoms with E-state index in [2.05, 4.69) is 45.0 Å². The summed E-state index contributed by atoms with van der Waals surface area (Å²) in [6.45, 7) is 6.33. The molecule has 1 aliphatic heterocycles. The van der Waals surface area contributed by atoms with E-state index in [0.29, 0.717) is 0 Å². The molecule has 0 N–H and O–H groups in total. The van der Waals surface area contributed by atoms with Crippen LogP contribution in [0.2, 0.25) is 0 Å². The number of nitrogens with zero attached hydrogens (tertiary/aromatic N) is 4. The van der Waals surface area contributed by atoms with Gasteiger partial charge >= 0.3 is 0 Å². The van der Waals surface area contributed by atoms with Crippen LogP contribution in [0.25, 0.3) is 5.69 Å². The minimum absolute atomic E-state index is 0.0950. The van der Waals surface area contributed by atoms with Crippen LogP contribution in [0.4, 0.5) is 0 Å². The number of carbonyl (C=O) groups is 1. The maximum Gasteiger partial charge on any atom is 0.257 e. The number of rotatable bonds is 5. The lowest BCUT2D eigenvalue weighted by atomic mass is 10.1. The second-order valence-corrected chi connectivity index (χ2v) is 9.43. The zero-order valence-electron chi connectivity index (χ0n) is 15.8. The van der Waals surface area contributed by atoms with Gasteiger partial charge in [-0.25, -0.2) is 4.68 Å². The molecule has 0 atom stereocenters. The summed E-state index contributed by atoms with van der Waals surface area (Å²) in [6.07, 6.45) is 2.49. The van der Waals surface area contributed by atoms with Crippen molar-refractivity contribution in [3.63, 3.8) is 0 Å². The second-order valence-electron chi connectivity index (χ2n) is 6.88. The van der Waals surface area contributed by atoms with Crippen molar-refractivity contribution in [1.29, 1.82) is 0 Å². The third kappa shape index (κ3) is 4.06. The largest absolute Gasteiger partial charge is 0.336 e. The highest BCUT2D eigenvalue weighted by atomic mass is 79.9. The van der Waals surface area contributed by atoms with Gasteiger partial charge in [0, 0.05) is 37.6 Å². The van der Waals surface area contributed by atoms with Crippen LogP contribution in [0, 0.1) is 0 Å². The zero-order valence-corrected chi connectivity index (χ0v) is 18.2. The van der Waals surface area contributed by atoms with Gasteiger partial charge in [0.2, 0.25) is 0 Å². The summed E-state index contributed by atoms with van der Waals surface area (Å²) >= 11 is 5.30. The molecule has 0 saturated carbocycles. The first-order chi connectivity index (χ1) is 13.7. The molecule has 0 bridgehead atoms. The maximum atomic E-state index is 13.1. The Bertz CT molecular complexity index is 944. The standard InChI is InChI=1S/C21H23BrN4OS/c1-2-19-18(14-23-26(19)16-6-4-3-5-7-16)21(27)25-12-10-24(11-13-25)15-17-8-9-20(22)28-17/h3-9,14H,2,10-13,15H2,1H3. The lowest BCUT2D eigenvalue weighted by Crippen LogP contribution is -2.48. The number of amides is 1. The summed E-state index contributed by atoms with van der Waals surface area (Å²) in [4.78, 5) is 18.9. The van der Waals surface area contributed by atoms with Crippen LogP contribution < -0.4 is 0 Å². The highest BCUT2D eigenvalue weighted by Crippen LogP contribution is 2.24. The minimum atomic E-state index is 0.0950. The average Bonchev–Trinajstić information content (AvgIpc) is 3.34. The Kier molecular flexibility index (Phi) is 5.94. The molecule has 3 heterocycles. The van der Waals surface area contributed by atoms with Crippen molar-refractivity contribution in [3.8, 4) is 5.69 Å². The lowest BCUT2D eigenvalue weighted by molar-refractivity contribution is 0.0628. The fourth-order valence-electron chi connectivity index (χ4n) is 3.62. The molecular formula is C21H23BrN4OS. The number of piperazine rings is 1. The summed E-state index contributed by atoms with van der Waals surface area (Å²) in [7, 11) is 0. The predicted octanol–water partition coefficient (Wildman–Crippen LogP) is 4.22. The molecule has 1 amide bonds. The monoisotopic (exact) mass is 458 g/mol. The molecule has 146 valence electrons. The number of thiophene rings is 1. The van der Waals surface area contributed by atoms with Crippen LogP contribution in [-0.2, 0) is 13.0 Å². The Labute approximate surface area is 177 Å². The molecule has 7 heteroatoms. The fourth-order valence-corrected chi connectivity index (χ4v) is 5.15. The van der Waals surface area contributed by atoms with Crippen molar-refractivity contribution in [1.82, 2.24) is 19.6 Å². The SMILES string of the molecule is CCc1c(C(=O)N2CCN(Cc3ccc(Br)s3)CC2)cnn1-c1ccccc1. The van der Waals surface area contributed by atoms with Crippen LogP contribution in [0.15, 0.2) is 52.4 Å². The molecule has 1 aliphatic rings. The first-order valence-electron chi connectivity index (χ1n) is 9.54. The number of hydrogen-bond acceptors (Lipinski definition) is 4. The zero-order chi connectivity index (χ0) is 19.5. The summed E-state index contributed by atoms with van der Waals surface area (Å²) < 4.78 is 3.05. The maximum absolute atomic E-state index is 13.1. The van der Waals surface area contributed by atoms with Crippen LogP contribution in [0.5, 0.6) is 0 Å². The smallest absolute Gasteiger partial charge is 0.257 e. The van der Waals surface area contributed by atoms with Crippen LogP contribution >= 0.6 is 27.3 Å². The van der Waals surface area contributed by atoms with E-state index in [1.807, 2.05) is 39.9 Å². The van der Waals surface area contributed by atoms with Crippen molar-refractivity contribution in [3.05, 3.63) is 68.6 Å². The van der Waals surface area contributed by atoms with Gasteiger partial charge in [-0.15, -0.1) is 11.3 Å². The molecule has 0 radical (unpaired) electrons. The molecule has 0 spiro atoms. The highest BCUT2D eigenvalue weighted by Gasteiger charge is 2.26. The van der Waals surface area contributed by atoms with Gasteiger partial charge in [0.25, 0.3) is 5.91 Å². The van der Waals surface area contributed by atoms with Gasteiger partial charge in [-0.1, -0.05) is 25.1 Å². The molecule has 0 unspecified atom stereocenters. The van der Waals surface area contributed by atoms with Gasteiger partial charge in [-0.2, -0.15) is 5.10 Å². The van der Waals surface area contributed by atoms with Crippen molar-refractivity contribution < 1.29 is 4.79 Å². The first kappa shape index (κ1) is 19.4. The molecule has 0 aliphatic carbocycles. The van der Waals surface area contributed by atoms with E-state index < -0.39 is 0 Å². The number of hydrogen-bond donors (Lipinski definition) is 0. The van der Waals surface area contributed by atoms with E-state index in [9.17, 15) is 4.79 Å². The summed E-state index contributed by atoms with van der Waals surface area (Å²) in [6, 6.07) is 14.3. The number of benzene rings is 1. The van der Waals surface area contributed by atoms with Crippen LogP contribution in [-0.4, -0.2) is 51.7 Å². The van der Waals surface area contributed by atoms with Gasteiger partial charge in [0.1, 0.15) is 0 Å². The Morgan fingerprint density at radius 2 is 1.86 bits per heavy atom. The Balaban J connectivity index is 1.43. The van der Waals surface area contributed by atoms with Crippen molar-refractivity contribution in [2.75, 3.05) is 26.2 Å². The summed E-state index contributed by atoms with van der Waals surface area (Å²) in [5, 5.41) is 4.50. The van der Waals surface area contributed by atoms with E-state index in [-0.39, 0.29) is 5.91 Å². The number of halogens is 1. The van der Waals surface area contributed by atoms with E-state index in [0.717, 1.165) is 56.1 Å². The number of para-hydroxylation sites is 1. The molecule has 1 saturated heterocycles. The van der Waals surface area contributed by atoms with Gasteiger partial charge in [0.15, 0.2) is 0 Å². The topological polar surface area (TPSA) is 41.4 Å². The Morgan fingerprint density at radius 3 is 2.50 bits per heavy atom. The summed E-state index contributed by atoms with van der Waals surface area (Å²) in [5.41, 5.74) is 2.69. The van der Waals surface area contributed by atoms with E-state index in [4.69, 9.17) is 0 Å². The molecule has 4 rings (SSSR count). The van der Waals surface area contributed by atoms with Crippen LogP contribution in [0.3, 0.4) is 0 Å². The number of carbonyl (C=O) groups excluding carboxylic acids is 1. The van der Waals surface area contributed by atoms with E-state index >= 15 is 0 Å². The first-order valence-corrected chi connectivity index (χ1v) is 11.1. The molecule has 5 nitrogen and oxygen atoms in total. The van der Waals surface area contributed by atoms with E-state index in [1.54, 1.807) is 17.5 Å². The van der Waals surface area contributed by atoms with Gasteiger partial charge in [-0.05, 0) is 46.6 Å². The van der Waals surface area contributed by atoms with Gasteiger partial charge < -0.3 is 4.90 Å². The second kappa shape index (κ2) is 8.59. The highest BCUT2D eigenvalue weighted by molar-refractivity contribution is 9.11. The minimum Gasteiger partial charge on any atom is -0.336 e. The Morgan fingerprint density at radius 1 is 1.11 bits per heavy atom. The average molecular weight is 459 g/mol. The van der Waals surface area contributed by atoms with Crippen LogP contribution in [0.1, 0.15) is 27.9 Å². The predicted molar refractivity (Wildman–Crippen MR) is 116 cm³/mol. The molecule has 2 aromatic heterocycles. The van der Waals surface area contributed by atoms with Crippen molar-refractivity contribution in [2.45, 2.75) is 19.9 Å². The fraction of sp³-hybridized carbons (Fsp3) is 0.333. The lowest BCUT2D eigenvalue weighted by Gasteiger charge is -2.34. The quantitative estimate of drug-likeness (QED) is 0.574. The van der Waals surface area contributed by atoms with Gasteiger partial charge in [0.05, 0.1) is 26.9 Å². The molecule has 3 aromatic rings. The van der Waals surface area contributed by atoms with Crippen molar-refractivity contribution in [2.24, 2.45) is 0 Å². The number of aromatic nitrogens is 2. The normalized spacial score (nSPS) is 15.1.